The maximum absolute atomic E-state index is 12.4. The topological polar surface area (TPSA) is 56.7 Å². The normalized spacial score (nSPS) is 15.0. The minimum absolute atomic E-state index is 0. The lowest BCUT2D eigenvalue weighted by atomic mass is 10.1. The van der Waals surface area contributed by atoms with Crippen LogP contribution in [0.5, 0.6) is 0 Å². The molecule has 1 amide bonds. The maximum Gasteiger partial charge on any atom is 0.224 e. The standard InChI is InChI=1S/C19H32N4OS.HI/c1-4-5-6-7-15(2)22-19(20-3)21-11-8-18(24)23-12-9-17-16(14-23)10-13-25-17;/h10,13,15H,4-9,11-12,14H2,1-3H3,(H2,20,21,22);1H. The summed E-state index contributed by atoms with van der Waals surface area (Å²) in [4.78, 5) is 20.1. The number of carbonyl (C=O) groups is 1. The fourth-order valence-electron chi connectivity index (χ4n) is 3.11. The van der Waals surface area contributed by atoms with Crippen LogP contribution in [0.1, 0.15) is 56.4 Å². The molecule has 0 saturated carbocycles. The lowest BCUT2D eigenvalue weighted by Crippen LogP contribution is -2.44. The molecule has 7 heteroatoms. The quantitative estimate of drug-likeness (QED) is 0.252. The molecule has 1 aromatic rings. The zero-order valence-electron chi connectivity index (χ0n) is 16.2. The SMILES string of the molecule is CCCCCC(C)NC(=NC)NCCC(=O)N1CCc2sccc2C1.I. The highest BCUT2D eigenvalue weighted by molar-refractivity contribution is 14.0. The highest BCUT2D eigenvalue weighted by Crippen LogP contribution is 2.24. The van der Waals surface area contributed by atoms with E-state index in [0.717, 1.165) is 31.9 Å². The van der Waals surface area contributed by atoms with Crippen molar-refractivity contribution in [2.24, 2.45) is 4.99 Å². The first kappa shape index (κ1) is 23.2. The molecule has 5 nitrogen and oxygen atoms in total. The van der Waals surface area contributed by atoms with E-state index in [-0.39, 0.29) is 29.9 Å². The first-order chi connectivity index (χ1) is 12.1. The van der Waals surface area contributed by atoms with Crippen molar-refractivity contribution in [1.82, 2.24) is 15.5 Å². The average Bonchev–Trinajstić information content (AvgIpc) is 3.08. The van der Waals surface area contributed by atoms with Crippen molar-refractivity contribution in [3.05, 3.63) is 21.9 Å². The maximum atomic E-state index is 12.4. The molecule has 2 rings (SSSR count). The fraction of sp³-hybridized carbons (Fsp3) is 0.684. The molecule has 0 aliphatic carbocycles. The molecule has 0 spiro atoms. The van der Waals surface area contributed by atoms with Crippen LogP contribution in [0.25, 0.3) is 0 Å². The van der Waals surface area contributed by atoms with E-state index >= 15 is 0 Å². The fourth-order valence-corrected chi connectivity index (χ4v) is 4.00. The van der Waals surface area contributed by atoms with Crippen LogP contribution < -0.4 is 10.6 Å². The number of nitrogens with one attached hydrogen (secondary N) is 2. The van der Waals surface area contributed by atoms with Crippen LogP contribution in [-0.2, 0) is 17.8 Å². The monoisotopic (exact) mass is 492 g/mol. The van der Waals surface area contributed by atoms with Gasteiger partial charge in [0.25, 0.3) is 0 Å². The minimum Gasteiger partial charge on any atom is -0.356 e. The van der Waals surface area contributed by atoms with E-state index in [4.69, 9.17) is 0 Å². The number of amides is 1. The summed E-state index contributed by atoms with van der Waals surface area (Å²) in [6.07, 6.45) is 6.39. The van der Waals surface area contributed by atoms with Crippen LogP contribution in [-0.4, -0.2) is 42.9 Å². The molecule has 0 radical (unpaired) electrons. The Hall–Kier alpha value is -0.830. The Labute approximate surface area is 179 Å². The summed E-state index contributed by atoms with van der Waals surface area (Å²) in [7, 11) is 1.78. The number of halogens is 1. The Morgan fingerprint density at radius 3 is 2.96 bits per heavy atom. The molecule has 0 fully saturated rings. The Bertz CT molecular complexity index is 576. The van der Waals surface area contributed by atoms with E-state index < -0.39 is 0 Å². The molecule has 2 heterocycles. The van der Waals surface area contributed by atoms with E-state index in [9.17, 15) is 4.79 Å². The number of unbranched alkanes of at least 4 members (excludes halogenated alkanes) is 2. The van der Waals surface area contributed by atoms with Crippen LogP contribution in [0.15, 0.2) is 16.4 Å². The largest absolute Gasteiger partial charge is 0.356 e. The van der Waals surface area contributed by atoms with Gasteiger partial charge in [-0.15, -0.1) is 35.3 Å². The van der Waals surface area contributed by atoms with E-state index in [1.54, 1.807) is 18.4 Å². The summed E-state index contributed by atoms with van der Waals surface area (Å²) in [5.74, 6) is 1.01. The van der Waals surface area contributed by atoms with Gasteiger partial charge >= 0.3 is 0 Å². The Morgan fingerprint density at radius 1 is 1.42 bits per heavy atom. The van der Waals surface area contributed by atoms with Crippen molar-refractivity contribution in [3.63, 3.8) is 0 Å². The molecule has 1 aliphatic rings. The number of thiophene rings is 1. The summed E-state index contributed by atoms with van der Waals surface area (Å²) >= 11 is 1.80. The van der Waals surface area contributed by atoms with Crippen molar-refractivity contribution in [2.45, 2.75) is 65.0 Å². The third-order valence-electron chi connectivity index (χ3n) is 4.64. The highest BCUT2D eigenvalue weighted by atomic mass is 127. The number of aliphatic imine (C=N–C) groups is 1. The number of guanidine groups is 1. The first-order valence-electron chi connectivity index (χ1n) is 9.44. The molecule has 0 bridgehead atoms. The summed E-state index contributed by atoms with van der Waals surface area (Å²) in [5, 5.41) is 8.79. The van der Waals surface area contributed by atoms with E-state index in [2.05, 4.69) is 40.9 Å². The van der Waals surface area contributed by atoms with Gasteiger partial charge in [0.1, 0.15) is 0 Å². The highest BCUT2D eigenvalue weighted by Gasteiger charge is 2.21. The smallest absolute Gasteiger partial charge is 0.224 e. The lowest BCUT2D eigenvalue weighted by Gasteiger charge is -2.27. The number of hydrogen-bond donors (Lipinski definition) is 2. The molecule has 148 valence electrons. The molecule has 1 unspecified atom stereocenters. The molecule has 2 N–H and O–H groups in total. The van der Waals surface area contributed by atoms with Crippen molar-refractivity contribution in [2.75, 3.05) is 20.1 Å². The van der Waals surface area contributed by atoms with Crippen LogP contribution in [0.3, 0.4) is 0 Å². The van der Waals surface area contributed by atoms with Gasteiger partial charge in [0.05, 0.1) is 0 Å². The molecule has 1 atom stereocenters. The van der Waals surface area contributed by atoms with E-state index in [1.165, 1.54) is 29.7 Å². The molecule has 1 aromatic heterocycles. The predicted molar refractivity (Wildman–Crippen MR) is 122 cm³/mol. The molecule has 1 aliphatic heterocycles. The van der Waals surface area contributed by atoms with Gasteiger partial charge in [0.15, 0.2) is 5.96 Å². The van der Waals surface area contributed by atoms with Crippen LogP contribution in [0.2, 0.25) is 0 Å². The Morgan fingerprint density at radius 2 is 2.23 bits per heavy atom. The second-order valence-corrected chi connectivity index (χ2v) is 7.73. The lowest BCUT2D eigenvalue weighted by molar-refractivity contribution is -0.131. The van der Waals surface area contributed by atoms with E-state index in [1.807, 2.05) is 4.90 Å². The van der Waals surface area contributed by atoms with Gasteiger partial charge in [-0.2, -0.15) is 0 Å². The number of fused-ring (bicyclic) bond motifs is 1. The number of hydrogen-bond acceptors (Lipinski definition) is 3. The zero-order chi connectivity index (χ0) is 18.1. The first-order valence-corrected chi connectivity index (χ1v) is 10.3. The van der Waals surface area contributed by atoms with Gasteiger partial charge in [-0.1, -0.05) is 26.2 Å². The van der Waals surface area contributed by atoms with Crippen LogP contribution in [0, 0.1) is 0 Å². The summed E-state index contributed by atoms with van der Waals surface area (Å²) in [6, 6.07) is 2.54. The predicted octanol–water partition coefficient (Wildman–Crippen LogP) is 3.77. The van der Waals surface area contributed by atoms with Crippen molar-refractivity contribution >= 4 is 47.2 Å². The van der Waals surface area contributed by atoms with Gasteiger partial charge in [-0.25, -0.2) is 0 Å². The van der Waals surface area contributed by atoms with Gasteiger partial charge in [-0.05, 0) is 36.8 Å². The number of carbonyl (C=O) groups excluding carboxylic acids is 1. The third kappa shape index (κ3) is 7.42. The third-order valence-corrected chi connectivity index (χ3v) is 5.66. The van der Waals surface area contributed by atoms with Gasteiger partial charge in [0.2, 0.25) is 5.91 Å². The minimum atomic E-state index is 0. The van der Waals surface area contributed by atoms with Gasteiger partial charge in [-0.3, -0.25) is 9.79 Å². The molecule has 0 aromatic carbocycles. The molecule has 0 saturated heterocycles. The molecular formula is C19H33IN4OS. The molecular weight excluding hydrogens is 459 g/mol. The van der Waals surface area contributed by atoms with Gasteiger partial charge in [0, 0.05) is 44.0 Å². The summed E-state index contributed by atoms with van der Waals surface area (Å²) in [5.41, 5.74) is 1.32. The van der Waals surface area contributed by atoms with Crippen molar-refractivity contribution in [3.8, 4) is 0 Å². The second kappa shape index (κ2) is 12.5. The van der Waals surface area contributed by atoms with Crippen molar-refractivity contribution in [1.29, 1.82) is 0 Å². The Kier molecular flexibility index (Phi) is 11.2. The average molecular weight is 492 g/mol. The number of nitrogens with zero attached hydrogens (tertiary/aromatic N) is 2. The van der Waals surface area contributed by atoms with Crippen molar-refractivity contribution < 1.29 is 4.79 Å². The summed E-state index contributed by atoms with van der Waals surface area (Å²) in [6.45, 7) is 6.62. The zero-order valence-corrected chi connectivity index (χ0v) is 19.4. The van der Waals surface area contributed by atoms with Crippen LogP contribution in [0.4, 0.5) is 0 Å². The number of rotatable bonds is 8. The van der Waals surface area contributed by atoms with Gasteiger partial charge < -0.3 is 15.5 Å². The van der Waals surface area contributed by atoms with E-state index in [0.29, 0.717) is 19.0 Å². The molecule has 26 heavy (non-hydrogen) atoms. The summed E-state index contributed by atoms with van der Waals surface area (Å²) < 4.78 is 0. The Balaban J connectivity index is 0.00000338. The van der Waals surface area contributed by atoms with Crippen LogP contribution >= 0.6 is 35.3 Å². The second-order valence-electron chi connectivity index (χ2n) is 6.72.